The molecule has 0 saturated heterocycles. The number of hydrogen-bond acceptors (Lipinski definition) is 3. The number of rotatable bonds is 4. The molecule has 128 valence electrons. The minimum atomic E-state index is -0.340. The molecule has 5 nitrogen and oxygen atoms in total. The Morgan fingerprint density at radius 2 is 1.69 bits per heavy atom. The van der Waals surface area contributed by atoms with E-state index in [0.29, 0.717) is 33.8 Å². The summed E-state index contributed by atoms with van der Waals surface area (Å²) in [5.41, 5.74) is 1.70. The molecule has 1 amide bonds. The van der Waals surface area contributed by atoms with Crippen molar-refractivity contribution in [1.29, 1.82) is 0 Å². The number of aromatic amines is 1. The zero-order valence-corrected chi connectivity index (χ0v) is 13.6. The van der Waals surface area contributed by atoms with Crippen molar-refractivity contribution in [3.05, 3.63) is 84.6 Å². The first-order chi connectivity index (χ1) is 12.7. The Morgan fingerprint density at radius 1 is 0.962 bits per heavy atom. The highest BCUT2D eigenvalue weighted by molar-refractivity contribution is 6.05. The van der Waals surface area contributed by atoms with Crippen molar-refractivity contribution in [3.8, 4) is 11.5 Å². The van der Waals surface area contributed by atoms with Gasteiger partial charge in [0.2, 0.25) is 0 Å². The maximum Gasteiger partial charge on any atom is 0.272 e. The monoisotopic (exact) mass is 347 g/mol. The summed E-state index contributed by atoms with van der Waals surface area (Å²) in [5, 5.41) is 3.44. The van der Waals surface area contributed by atoms with Crippen LogP contribution in [0.2, 0.25) is 0 Å². The molecule has 0 bridgehead atoms. The number of pyridine rings is 1. The SMILES string of the molecule is O=C(Nc1ccc(Oc2ccncc2)cc1)c1cc2cc(F)ccc2[nH]1. The Labute approximate surface area is 148 Å². The highest BCUT2D eigenvalue weighted by atomic mass is 19.1. The average Bonchev–Trinajstić information content (AvgIpc) is 3.07. The number of H-pyrrole nitrogens is 1. The summed E-state index contributed by atoms with van der Waals surface area (Å²) in [7, 11) is 0. The van der Waals surface area contributed by atoms with Crippen LogP contribution in [0, 0.1) is 5.82 Å². The molecule has 0 unspecified atom stereocenters. The van der Waals surface area contributed by atoms with E-state index in [1.807, 2.05) is 0 Å². The molecule has 0 radical (unpaired) electrons. The molecule has 2 N–H and O–H groups in total. The quantitative estimate of drug-likeness (QED) is 0.560. The van der Waals surface area contributed by atoms with Crippen LogP contribution in [0.25, 0.3) is 10.9 Å². The van der Waals surface area contributed by atoms with E-state index in [9.17, 15) is 9.18 Å². The van der Waals surface area contributed by atoms with Crippen molar-refractivity contribution in [2.75, 3.05) is 5.32 Å². The fourth-order valence-corrected chi connectivity index (χ4v) is 2.57. The van der Waals surface area contributed by atoms with Crippen molar-refractivity contribution in [2.24, 2.45) is 0 Å². The highest BCUT2D eigenvalue weighted by Gasteiger charge is 2.10. The number of fused-ring (bicyclic) bond motifs is 1. The molecule has 26 heavy (non-hydrogen) atoms. The summed E-state index contributed by atoms with van der Waals surface area (Å²) in [6, 6.07) is 16.5. The van der Waals surface area contributed by atoms with E-state index in [1.165, 1.54) is 12.1 Å². The molecular weight excluding hydrogens is 333 g/mol. The van der Waals surface area contributed by atoms with E-state index in [-0.39, 0.29) is 11.7 Å². The van der Waals surface area contributed by atoms with Crippen LogP contribution in [0.15, 0.2) is 73.1 Å². The van der Waals surface area contributed by atoms with Gasteiger partial charge in [0, 0.05) is 29.0 Å². The minimum absolute atomic E-state index is 0.301. The lowest BCUT2D eigenvalue weighted by molar-refractivity contribution is 0.102. The Kier molecular flexibility index (Phi) is 4.07. The predicted molar refractivity (Wildman–Crippen MR) is 97.0 cm³/mol. The fourth-order valence-electron chi connectivity index (χ4n) is 2.57. The topological polar surface area (TPSA) is 67.0 Å². The lowest BCUT2D eigenvalue weighted by Gasteiger charge is -2.07. The van der Waals surface area contributed by atoms with Crippen LogP contribution in [-0.4, -0.2) is 15.9 Å². The Hall–Kier alpha value is -3.67. The van der Waals surface area contributed by atoms with E-state index >= 15 is 0 Å². The second-order valence-corrected chi connectivity index (χ2v) is 5.68. The van der Waals surface area contributed by atoms with Gasteiger partial charge < -0.3 is 15.0 Å². The van der Waals surface area contributed by atoms with Gasteiger partial charge in [0.25, 0.3) is 5.91 Å². The molecule has 6 heteroatoms. The van der Waals surface area contributed by atoms with Gasteiger partial charge in [-0.2, -0.15) is 0 Å². The summed E-state index contributed by atoms with van der Waals surface area (Å²) in [4.78, 5) is 19.3. The maximum atomic E-state index is 13.3. The lowest BCUT2D eigenvalue weighted by atomic mass is 10.2. The predicted octanol–water partition coefficient (Wildman–Crippen LogP) is 4.75. The number of benzene rings is 2. The van der Waals surface area contributed by atoms with Crippen molar-refractivity contribution < 1.29 is 13.9 Å². The van der Waals surface area contributed by atoms with Gasteiger partial charge in [-0.1, -0.05) is 0 Å². The van der Waals surface area contributed by atoms with Crippen LogP contribution >= 0.6 is 0 Å². The fraction of sp³-hybridized carbons (Fsp3) is 0. The van der Waals surface area contributed by atoms with Gasteiger partial charge in [-0.25, -0.2) is 4.39 Å². The van der Waals surface area contributed by atoms with Gasteiger partial charge >= 0.3 is 0 Å². The molecule has 2 aromatic carbocycles. The van der Waals surface area contributed by atoms with Gasteiger partial charge in [0.1, 0.15) is 23.0 Å². The number of halogens is 1. The third kappa shape index (κ3) is 3.39. The number of carbonyl (C=O) groups excluding carboxylic acids is 1. The van der Waals surface area contributed by atoms with Crippen molar-refractivity contribution in [2.45, 2.75) is 0 Å². The van der Waals surface area contributed by atoms with E-state index in [2.05, 4.69) is 15.3 Å². The minimum Gasteiger partial charge on any atom is -0.457 e. The zero-order chi connectivity index (χ0) is 17.9. The van der Waals surface area contributed by atoms with Crippen molar-refractivity contribution in [3.63, 3.8) is 0 Å². The molecule has 0 aliphatic rings. The van der Waals surface area contributed by atoms with Crippen LogP contribution < -0.4 is 10.1 Å². The second-order valence-electron chi connectivity index (χ2n) is 5.68. The summed E-state index contributed by atoms with van der Waals surface area (Å²) < 4.78 is 18.9. The number of hydrogen-bond donors (Lipinski definition) is 2. The van der Waals surface area contributed by atoms with Crippen LogP contribution in [0.5, 0.6) is 11.5 Å². The molecule has 2 heterocycles. The first kappa shape index (κ1) is 15.8. The van der Waals surface area contributed by atoms with Gasteiger partial charge in [-0.15, -0.1) is 0 Å². The maximum absolute atomic E-state index is 13.3. The first-order valence-electron chi connectivity index (χ1n) is 7.95. The second kappa shape index (κ2) is 6.68. The summed E-state index contributed by atoms with van der Waals surface area (Å²) in [6.45, 7) is 0. The summed E-state index contributed by atoms with van der Waals surface area (Å²) >= 11 is 0. The standard InChI is InChI=1S/C20H14FN3O2/c21-14-1-6-18-13(11-14)12-19(24-18)20(25)23-15-2-4-16(5-3-15)26-17-7-9-22-10-8-17/h1-12,24H,(H,23,25). The Bertz CT molecular complexity index is 1060. The molecule has 0 saturated carbocycles. The van der Waals surface area contributed by atoms with Gasteiger partial charge in [0.15, 0.2) is 0 Å². The van der Waals surface area contributed by atoms with E-state index in [4.69, 9.17) is 4.74 Å². The lowest BCUT2D eigenvalue weighted by Crippen LogP contribution is -2.12. The van der Waals surface area contributed by atoms with Gasteiger partial charge in [-0.3, -0.25) is 9.78 Å². The highest BCUT2D eigenvalue weighted by Crippen LogP contribution is 2.23. The summed E-state index contributed by atoms with van der Waals surface area (Å²) in [6.07, 6.45) is 3.30. The van der Waals surface area contributed by atoms with Crippen LogP contribution in [0.3, 0.4) is 0 Å². The molecule has 4 aromatic rings. The Morgan fingerprint density at radius 3 is 2.46 bits per heavy atom. The molecule has 0 atom stereocenters. The van der Waals surface area contributed by atoms with Crippen molar-refractivity contribution in [1.82, 2.24) is 9.97 Å². The Balaban J connectivity index is 1.46. The van der Waals surface area contributed by atoms with E-state index < -0.39 is 0 Å². The van der Waals surface area contributed by atoms with Crippen molar-refractivity contribution >= 4 is 22.5 Å². The van der Waals surface area contributed by atoms with E-state index in [1.54, 1.807) is 60.9 Å². The largest absolute Gasteiger partial charge is 0.457 e. The normalized spacial score (nSPS) is 10.7. The number of ether oxygens (including phenoxy) is 1. The molecule has 0 fully saturated rings. The third-order valence-corrected chi connectivity index (χ3v) is 3.83. The number of nitrogens with zero attached hydrogens (tertiary/aromatic N) is 1. The van der Waals surface area contributed by atoms with Crippen LogP contribution in [0.1, 0.15) is 10.5 Å². The smallest absolute Gasteiger partial charge is 0.272 e. The number of amides is 1. The van der Waals surface area contributed by atoms with Gasteiger partial charge in [0.05, 0.1) is 0 Å². The average molecular weight is 347 g/mol. The number of carbonyl (C=O) groups is 1. The van der Waals surface area contributed by atoms with Gasteiger partial charge in [-0.05, 0) is 60.7 Å². The molecule has 0 aliphatic carbocycles. The van der Waals surface area contributed by atoms with E-state index in [0.717, 1.165) is 0 Å². The molecule has 0 aliphatic heterocycles. The molecule has 0 spiro atoms. The number of anilines is 1. The molecule has 4 rings (SSSR count). The number of aromatic nitrogens is 2. The first-order valence-corrected chi connectivity index (χ1v) is 7.95. The van der Waals surface area contributed by atoms with Crippen LogP contribution in [0.4, 0.5) is 10.1 Å². The third-order valence-electron chi connectivity index (χ3n) is 3.83. The van der Waals surface area contributed by atoms with Crippen LogP contribution in [-0.2, 0) is 0 Å². The molecule has 2 aromatic heterocycles. The summed E-state index contributed by atoms with van der Waals surface area (Å²) in [5.74, 6) is 0.690. The molecular formula is C20H14FN3O2. The number of nitrogens with one attached hydrogen (secondary N) is 2. The zero-order valence-electron chi connectivity index (χ0n) is 13.6.